The summed E-state index contributed by atoms with van der Waals surface area (Å²) in [4.78, 5) is 12.3. The van der Waals surface area contributed by atoms with Crippen LogP contribution >= 0.6 is 0 Å². The minimum absolute atomic E-state index is 0.158. The van der Waals surface area contributed by atoms with Crippen LogP contribution < -0.4 is 9.47 Å². The Morgan fingerprint density at radius 1 is 0.958 bits per heavy atom. The van der Waals surface area contributed by atoms with Gasteiger partial charge in [0.05, 0.1) is 0 Å². The first-order chi connectivity index (χ1) is 11.8. The van der Waals surface area contributed by atoms with Crippen molar-refractivity contribution >= 4 is 16.7 Å². The van der Waals surface area contributed by atoms with Gasteiger partial charge in [-0.15, -0.1) is 0 Å². The maximum Gasteiger partial charge on any atom is 0.351 e. The second kappa shape index (κ2) is 6.24. The summed E-state index contributed by atoms with van der Waals surface area (Å²) in [5.74, 6) is 0.795. The molecule has 3 aromatic rings. The monoisotopic (exact) mass is 320 g/mol. The molecule has 24 heavy (non-hydrogen) atoms. The molecule has 1 aliphatic rings. The number of para-hydroxylation sites is 2. The molecule has 0 aliphatic carbocycles. The Morgan fingerprint density at radius 3 is 2.62 bits per heavy atom. The van der Waals surface area contributed by atoms with Gasteiger partial charge in [0, 0.05) is 0 Å². The number of hydrogen-bond acceptors (Lipinski definition) is 4. The van der Waals surface area contributed by atoms with E-state index in [9.17, 15) is 4.79 Å². The van der Waals surface area contributed by atoms with Crippen molar-refractivity contribution < 1.29 is 19.0 Å². The van der Waals surface area contributed by atoms with E-state index in [0.29, 0.717) is 11.5 Å². The van der Waals surface area contributed by atoms with Crippen molar-refractivity contribution in [1.82, 2.24) is 0 Å². The minimum atomic E-state index is -0.741. The van der Waals surface area contributed by atoms with Gasteiger partial charge in [0.2, 0.25) is 6.10 Å². The topological polar surface area (TPSA) is 44.8 Å². The molecule has 0 N–H and O–H groups in total. The molecule has 0 saturated carbocycles. The largest absolute Gasteiger partial charge is 0.485 e. The van der Waals surface area contributed by atoms with Gasteiger partial charge in [-0.3, -0.25) is 0 Å². The molecule has 0 aromatic heterocycles. The van der Waals surface area contributed by atoms with E-state index in [-0.39, 0.29) is 13.2 Å². The van der Waals surface area contributed by atoms with Crippen molar-refractivity contribution in [2.75, 3.05) is 6.61 Å². The Bertz CT molecular complexity index is 882. The van der Waals surface area contributed by atoms with Crippen LogP contribution in [0.4, 0.5) is 0 Å². The van der Waals surface area contributed by atoms with Crippen LogP contribution in [0.3, 0.4) is 0 Å². The Labute approximate surface area is 139 Å². The quantitative estimate of drug-likeness (QED) is 0.690. The second-order valence-corrected chi connectivity index (χ2v) is 5.61. The average Bonchev–Trinajstić information content (AvgIpc) is 2.65. The molecule has 4 heteroatoms. The molecule has 0 spiro atoms. The summed E-state index contributed by atoms with van der Waals surface area (Å²) in [5.41, 5.74) is 0.971. The fraction of sp³-hybridized carbons (Fsp3) is 0.150. The standard InChI is InChI=1S/C20H16O4/c21-20(19-13-22-17-10-3-4-11-18(17)24-19)23-12-15-8-5-7-14-6-1-2-9-16(14)15/h1-11,19H,12-13H2/t19-/m1/s1. The molecule has 4 nitrogen and oxygen atoms in total. The molecule has 0 bridgehead atoms. The van der Waals surface area contributed by atoms with E-state index >= 15 is 0 Å². The van der Waals surface area contributed by atoms with Crippen LogP contribution in [-0.4, -0.2) is 18.7 Å². The SMILES string of the molecule is O=C(OCc1cccc2ccccc12)[C@H]1COc2ccccc2O1. The van der Waals surface area contributed by atoms with Crippen molar-refractivity contribution in [2.45, 2.75) is 12.7 Å². The van der Waals surface area contributed by atoms with Gasteiger partial charge in [-0.05, 0) is 28.5 Å². The number of hydrogen-bond donors (Lipinski definition) is 0. The number of esters is 1. The summed E-state index contributed by atoms with van der Waals surface area (Å²) in [6.07, 6.45) is -0.741. The Hall–Kier alpha value is -3.01. The molecule has 0 saturated heterocycles. The van der Waals surface area contributed by atoms with Crippen LogP contribution in [0.2, 0.25) is 0 Å². The van der Waals surface area contributed by atoms with Gasteiger partial charge in [0.1, 0.15) is 13.2 Å². The van der Waals surface area contributed by atoms with Gasteiger partial charge in [0.25, 0.3) is 0 Å². The van der Waals surface area contributed by atoms with E-state index in [4.69, 9.17) is 14.2 Å². The Morgan fingerprint density at radius 2 is 1.71 bits per heavy atom. The molecule has 1 aliphatic heterocycles. The summed E-state index contributed by atoms with van der Waals surface area (Å²) in [6.45, 7) is 0.368. The Kier molecular flexibility index (Phi) is 3.79. The highest BCUT2D eigenvalue weighted by atomic mass is 16.6. The highest BCUT2D eigenvalue weighted by molar-refractivity contribution is 5.85. The summed E-state index contributed by atoms with van der Waals surface area (Å²) < 4.78 is 16.7. The molecule has 1 atom stereocenters. The first kappa shape index (κ1) is 14.6. The van der Waals surface area contributed by atoms with E-state index in [2.05, 4.69) is 0 Å². The van der Waals surface area contributed by atoms with E-state index in [1.54, 1.807) is 6.07 Å². The number of carbonyl (C=O) groups is 1. The van der Waals surface area contributed by atoms with Crippen LogP contribution in [0.25, 0.3) is 10.8 Å². The zero-order valence-corrected chi connectivity index (χ0v) is 13.0. The number of rotatable bonds is 3. The van der Waals surface area contributed by atoms with E-state index in [0.717, 1.165) is 16.3 Å². The minimum Gasteiger partial charge on any atom is -0.485 e. The van der Waals surface area contributed by atoms with Crippen molar-refractivity contribution in [3.63, 3.8) is 0 Å². The highest BCUT2D eigenvalue weighted by Crippen LogP contribution is 2.31. The molecular formula is C20H16O4. The van der Waals surface area contributed by atoms with Gasteiger partial charge in [0.15, 0.2) is 11.5 Å². The maximum atomic E-state index is 12.3. The lowest BCUT2D eigenvalue weighted by Gasteiger charge is -2.25. The molecule has 0 fully saturated rings. The lowest BCUT2D eigenvalue weighted by molar-refractivity contribution is -0.155. The number of carbonyl (C=O) groups excluding carboxylic acids is 1. The summed E-state index contributed by atoms with van der Waals surface area (Å²) in [7, 11) is 0. The van der Waals surface area contributed by atoms with E-state index in [1.807, 2.05) is 60.7 Å². The van der Waals surface area contributed by atoms with Gasteiger partial charge in [-0.25, -0.2) is 4.79 Å². The fourth-order valence-corrected chi connectivity index (χ4v) is 2.80. The molecule has 0 unspecified atom stereocenters. The fourth-order valence-electron chi connectivity index (χ4n) is 2.80. The lowest BCUT2D eigenvalue weighted by Crippen LogP contribution is -2.37. The van der Waals surface area contributed by atoms with Crippen molar-refractivity contribution in [3.8, 4) is 11.5 Å². The predicted molar refractivity (Wildman–Crippen MR) is 90.1 cm³/mol. The third-order valence-electron chi connectivity index (χ3n) is 4.02. The molecule has 120 valence electrons. The molecule has 3 aromatic carbocycles. The van der Waals surface area contributed by atoms with Gasteiger partial charge in [-0.1, -0.05) is 54.6 Å². The maximum absolute atomic E-state index is 12.3. The van der Waals surface area contributed by atoms with Gasteiger partial charge >= 0.3 is 5.97 Å². The zero-order valence-electron chi connectivity index (χ0n) is 13.0. The molecule has 0 amide bonds. The first-order valence-corrected chi connectivity index (χ1v) is 7.83. The van der Waals surface area contributed by atoms with Crippen LogP contribution in [-0.2, 0) is 16.1 Å². The molecule has 4 rings (SSSR count). The second-order valence-electron chi connectivity index (χ2n) is 5.61. The first-order valence-electron chi connectivity index (χ1n) is 7.83. The molecule has 0 radical (unpaired) electrons. The van der Waals surface area contributed by atoms with Crippen LogP contribution in [0.5, 0.6) is 11.5 Å². The average molecular weight is 320 g/mol. The normalized spacial score (nSPS) is 15.9. The number of fused-ring (bicyclic) bond motifs is 2. The summed E-state index contributed by atoms with van der Waals surface area (Å²) in [5, 5.41) is 2.20. The summed E-state index contributed by atoms with van der Waals surface area (Å²) >= 11 is 0. The highest BCUT2D eigenvalue weighted by Gasteiger charge is 2.28. The van der Waals surface area contributed by atoms with Crippen molar-refractivity contribution in [2.24, 2.45) is 0 Å². The van der Waals surface area contributed by atoms with E-state index in [1.165, 1.54) is 0 Å². The summed E-state index contributed by atoms with van der Waals surface area (Å²) in [6, 6.07) is 21.3. The van der Waals surface area contributed by atoms with Crippen molar-refractivity contribution in [1.29, 1.82) is 0 Å². The van der Waals surface area contributed by atoms with Gasteiger partial charge < -0.3 is 14.2 Å². The third kappa shape index (κ3) is 2.78. The van der Waals surface area contributed by atoms with Crippen LogP contribution in [0.1, 0.15) is 5.56 Å². The smallest absolute Gasteiger partial charge is 0.351 e. The van der Waals surface area contributed by atoms with Crippen LogP contribution in [0.15, 0.2) is 66.7 Å². The zero-order chi connectivity index (χ0) is 16.4. The molecular weight excluding hydrogens is 304 g/mol. The third-order valence-corrected chi connectivity index (χ3v) is 4.02. The molecule has 1 heterocycles. The van der Waals surface area contributed by atoms with Crippen molar-refractivity contribution in [3.05, 3.63) is 72.3 Å². The van der Waals surface area contributed by atoms with E-state index < -0.39 is 12.1 Å². The lowest BCUT2D eigenvalue weighted by atomic mass is 10.1. The predicted octanol–water partition coefficient (Wildman–Crippen LogP) is 3.72. The van der Waals surface area contributed by atoms with Crippen LogP contribution in [0, 0.1) is 0 Å². The number of benzene rings is 3. The Balaban J connectivity index is 1.45. The number of ether oxygens (including phenoxy) is 3. The van der Waals surface area contributed by atoms with Gasteiger partial charge in [-0.2, -0.15) is 0 Å².